The molecule has 4 rings (SSSR count). The number of carbonyl (C=O) groups is 2. The molecule has 3 aliphatic rings. The number of urea groups is 1. The van der Waals surface area contributed by atoms with Gasteiger partial charge in [0, 0.05) is 49.6 Å². The molecule has 0 radical (unpaired) electrons. The van der Waals surface area contributed by atoms with Crippen LogP contribution < -0.4 is 5.32 Å². The summed E-state index contributed by atoms with van der Waals surface area (Å²) in [4.78, 5) is 30.8. The van der Waals surface area contributed by atoms with Crippen LogP contribution in [0.1, 0.15) is 6.42 Å². The van der Waals surface area contributed by atoms with Gasteiger partial charge in [0.15, 0.2) is 5.84 Å². The summed E-state index contributed by atoms with van der Waals surface area (Å²) in [6.45, 7) is 1.91. The first-order chi connectivity index (χ1) is 14.8. The number of carbonyl (C=O) groups excluding carboxylic acids is 2. The van der Waals surface area contributed by atoms with E-state index in [-0.39, 0.29) is 35.6 Å². The minimum Gasteiger partial charge on any atom is -0.337 e. The monoisotopic (exact) mass is 463 g/mol. The smallest absolute Gasteiger partial charge is 0.321 e. The quantitative estimate of drug-likeness (QED) is 0.721. The number of fused-ring (bicyclic) bond motifs is 1. The molecule has 0 spiro atoms. The Labute approximate surface area is 185 Å². The third kappa shape index (κ3) is 4.91. The number of hydrogen-bond donors (Lipinski definition) is 1. The molecule has 164 valence electrons. The number of allylic oxidation sites excluding steroid dienone is 2. The lowest BCUT2D eigenvalue weighted by Crippen LogP contribution is -2.44. The minimum atomic E-state index is -3.58. The summed E-state index contributed by atoms with van der Waals surface area (Å²) in [5.41, 5.74) is 0.855. The van der Waals surface area contributed by atoms with Gasteiger partial charge in [0.25, 0.3) is 15.9 Å². The van der Waals surface area contributed by atoms with Crippen LogP contribution in [0.3, 0.4) is 0 Å². The molecule has 1 aromatic rings. The second-order valence-corrected chi connectivity index (χ2v) is 9.58. The summed E-state index contributed by atoms with van der Waals surface area (Å²) >= 11 is 5.96. The summed E-state index contributed by atoms with van der Waals surface area (Å²) in [6, 6.07) is 6.65. The minimum absolute atomic E-state index is 0.0806. The third-order valence-corrected chi connectivity index (χ3v) is 6.62. The van der Waals surface area contributed by atoms with Gasteiger partial charge in [-0.2, -0.15) is 0 Å². The van der Waals surface area contributed by atoms with Gasteiger partial charge in [0.05, 0.1) is 11.3 Å². The van der Waals surface area contributed by atoms with Gasteiger partial charge in [0.1, 0.15) is 0 Å². The zero-order valence-electron chi connectivity index (χ0n) is 16.7. The number of hydrogen-bond acceptors (Lipinski definition) is 5. The Morgan fingerprint density at radius 3 is 2.65 bits per heavy atom. The van der Waals surface area contributed by atoms with E-state index in [1.807, 2.05) is 0 Å². The molecule has 0 bridgehead atoms. The average molecular weight is 464 g/mol. The predicted molar refractivity (Wildman–Crippen MR) is 118 cm³/mol. The maximum absolute atomic E-state index is 13.2. The zero-order chi connectivity index (χ0) is 22.0. The highest BCUT2D eigenvalue weighted by Gasteiger charge is 2.33. The van der Waals surface area contributed by atoms with Crippen molar-refractivity contribution in [3.63, 3.8) is 0 Å². The molecule has 0 aromatic heterocycles. The molecule has 11 heteroatoms. The van der Waals surface area contributed by atoms with Gasteiger partial charge in [-0.25, -0.2) is 13.2 Å². The van der Waals surface area contributed by atoms with E-state index in [4.69, 9.17) is 11.6 Å². The highest BCUT2D eigenvalue weighted by atomic mass is 35.5. The van der Waals surface area contributed by atoms with Crippen LogP contribution in [0.25, 0.3) is 0 Å². The predicted octanol–water partition coefficient (Wildman–Crippen LogP) is 1.90. The maximum atomic E-state index is 13.2. The number of benzene rings is 1. The Kier molecular flexibility index (Phi) is 6.01. The van der Waals surface area contributed by atoms with Crippen LogP contribution in [-0.4, -0.2) is 79.4 Å². The van der Waals surface area contributed by atoms with Crippen molar-refractivity contribution in [3.8, 4) is 0 Å². The molecule has 3 aliphatic heterocycles. The Bertz CT molecular complexity index is 1100. The lowest BCUT2D eigenvalue weighted by Gasteiger charge is -2.31. The lowest BCUT2D eigenvalue weighted by atomic mass is 10.1. The standard InChI is InChI=1S/C20H22ClN5O4S/c21-15-4-1-5-16(14-15)22-20(28)26-9-3-8-25(10-11-26)19(27)17-6-2-7-24-12-13-31(29,30)23-18(17)24/h1-2,4-7,14H,3,8-13H2,(H,22,28). The van der Waals surface area contributed by atoms with Crippen molar-refractivity contribution >= 4 is 45.1 Å². The average Bonchev–Trinajstić information content (AvgIpc) is 2.99. The van der Waals surface area contributed by atoms with Crippen molar-refractivity contribution in [1.82, 2.24) is 14.7 Å². The van der Waals surface area contributed by atoms with Crippen molar-refractivity contribution in [1.29, 1.82) is 0 Å². The summed E-state index contributed by atoms with van der Waals surface area (Å²) in [5, 5.41) is 3.35. The fourth-order valence-electron chi connectivity index (χ4n) is 3.65. The maximum Gasteiger partial charge on any atom is 0.321 e. The summed E-state index contributed by atoms with van der Waals surface area (Å²) in [6.07, 6.45) is 5.63. The van der Waals surface area contributed by atoms with Crippen LogP contribution in [0.2, 0.25) is 5.02 Å². The van der Waals surface area contributed by atoms with Gasteiger partial charge < -0.3 is 20.0 Å². The molecular weight excluding hydrogens is 442 g/mol. The van der Waals surface area contributed by atoms with Crippen LogP contribution in [0.4, 0.5) is 10.5 Å². The Morgan fingerprint density at radius 1 is 1.06 bits per heavy atom. The van der Waals surface area contributed by atoms with Crippen molar-refractivity contribution in [2.24, 2.45) is 4.40 Å². The SMILES string of the molecule is O=C(Nc1cccc(Cl)c1)N1CCCN(C(=O)C2=CC=CN3CCS(=O)(=O)N=C23)CC1. The number of nitrogens with one attached hydrogen (secondary N) is 1. The van der Waals surface area contributed by atoms with Crippen LogP contribution >= 0.6 is 11.6 Å². The normalized spacial score (nSPS) is 20.4. The summed E-state index contributed by atoms with van der Waals surface area (Å²) < 4.78 is 27.7. The number of nitrogens with zero attached hydrogens (tertiary/aromatic N) is 4. The summed E-state index contributed by atoms with van der Waals surface area (Å²) in [5.74, 6) is -0.205. The van der Waals surface area contributed by atoms with Crippen molar-refractivity contribution in [3.05, 3.63) is 53.2 Å². The number of sulfonamides is 1. The number of amidine groups is 1. The molecule has 1 saturated heterocycles. The Morgan fingerprint density at radius 2 is 1.84 bits per heavy atom. The molecule has 3 heterocycles. The highest BCUT2D eigenvalue weighted by Crippen LogP contribution is 2.21. The second kappa shape index (κ2) is 8.72. The van der Waals surface area contributed by atoms with E-state index in [0.717, 1.165) is 0 Å². The van der Waals surface area contributed by atoms with E-state index < -0.39 is 10.0 Å². The van der Waals surface area contributed by atoms with Gasteiger partial charge >= 0.3 is 6.03 Å². The molecule has 1 fully saturated rings. The largest absolute Gasteiger partial charge is 0.337 e. The molecule has 9 nitrogen and oxygen atoms in total. The first kappa shape index (κ1) is 21.4. The second-order valence-electron chi connectivity index (χ2n) is 7.39. The molecule has 0 saturated carbocycles. The number of anilines is 1. The van der Waals surface area contributed by atoms with Gasteiger partial charge in [-0.05, 0) is 36.8 Å². The van der Waals surface area contributed by atoms with Crippen molar-refractivity contribution in [2.45, 2.75) is 6.42 Å². The molecule has 1 aromatic carbocycles. The third-order valence-electron chi connectivity index (χ3n) is 5.23. The number of rotatable bonds is 2. The van der Waals surface area contributed by atoms with E-state index in [0.29, 0.717) is 43.3 Å². The van der Waals surface area contributed by atoms with Crippen LogP contribution in [0, 0.1) is 0 Å². The van der Waals surface area contributed by atoms with E-state index >= 15 is 0 Å². The van der Waals surface area contributed by atoms with E-state index in [1.54, 1.807) is 57.3 Å². The number of amides is 3. The van der Waals surface area contributed by atoms with Gasteiger partial charge in [-0.3, -0.25) is 4.79 Å². The van der Waals surface area contributed by atoms with E-state index in [9.17, 15) is 18.0 Å². The fourth-order valence-corrected chi connectivity index (χ4v) is 4.82. The van der Waals surface area contributed by atoms with Crippen LogP contribution in [0.5, 0.6) is 0 Å². The van der Waals surface area contributed by atoms with Crippen LogP contribution in [0.15, 0.2) is 52.6 Å². The molecular formula is C20H22ClN5O4S. The Hall–Kier alpha value is -2.85. The molecule has 31 heavy (non-hydrogen) atoms. The molecule has 0 atom stereocenters. The van der Waals surface area contributed by atoms with Gasteiger partial charge in [-0.15, -0.1) is 4.40 Å². The van der Waals surface area contributed by atoms with Gasteiger partial charge in [0.2, 0.25) is 0 Å². The van der Waals surface area contributed by atoms with Gasteiger partial charge in [-0.1, -0.05) is 17.7 Å². The number of halogens is 1. The highest BCUT2D eigenvalue weighted by molar-refractivity contribution is 7.90. The molecule has 3 amide bonds. The first-order valence-corrected chi connectivity index (χ1v) is 11.9. The zero-order valence-corrected chi connectivity index (χ0v) is 18.3. The Balaban J connectivity index is 1.43. The molecule has 1 N–H and O–H groups in total. The molecule has 0 unspecified atom stereocenters. The first-order valence-electron chi connectivity index (χ1n) is 9.91. The lowest BCUT2D eigenvalue weighted by molar-refractivity contribution is -0.126. The van der Waals surface area contributed by atoms with Crippen molar-refractivity contribution in [2.75, 3.05) is 43.8 Å². The van der Waals surface area contributed by atoms with Crippen molar-refractivity contribution < 1.29 is 18.0 Å². The summed E-state index contributed by atoms with van der Waals surface area (Å²) in [7, 11) is -3.58. The van der Waals surface area contributed by atoms with Crippen LogP contribution in [-0.2, 0) is 14.8 Å². The molecule has 0 aliphatic carbocycles. The van der Waals surface area contributed by atoms with E-state index in [2.05, 4.69) is 9.71 Å². The fraction of sp³-hybridized carbons (Fsp3) is 0.350. The van der Waals surface area contributed by atoms with E-state index in [1.165, 1.54) is 0 Å². The topological polar surface area (TPSA) is 102 Å².